The Labute approximate surface area is 132 Å². The summed E-state index contributed by atoms with van der Waals surface area (Å²) in [7, 11) is -1.68. The SMILES string of the molecule is C=S1(=O)CCC(C(C)(C)C)C1.CC(C)(C)C1CCC(=O)C1. The van der Waals surface area contributed by atoms with Crippen LogP contribution in [-0.2, 0) is 14.3 Å². The summed E-state index contributed by atoms with van der Waals surface area (Å²) < 4.78 is 11.5. The van der Waals surface area contributed by atoms with Gasteiger partial charge in [0.25, 0.3) is 0 Å². The van der Waals surface area contributed by atoms with Gasteiger partial charge in [0.15, 0.2) is 0 Å². The second-order valence-electron chi connectivity index (χ2n) is 9.03. The number of carbonyl (C=O) groups excluding carboxylic acids is 1. The van der Waals surface area contributed by atoms with Gasteiger partial charge in [-0.05, 0) is 50.9 Å². The maximum absolute atomic E-state index is 11.5. The third-order valence-electron chi connectivity index (χ3n) is 5.04. The first-order valence-electron chi connectivity index (χ1n) is 8.15. The number of ketones is 1. The van der Waals surface area contributed by atoms with E-state index in [0.717, 1.165) is 37.2 Å². The molecule has 1 saturated heterocycles. The quantitative estimate of drug-likeness (QED) is 0.629. The van der Waals surface area contributed by atoms with E-state index >= 15 is 0 Å². The van der Waals surface area contributed by atoms with Crippen LogP contribution in [-0.4, -0.2) is 27.4 Å². The lowest BCUT2D eigenvalue weighted by atomic mass is 9.80. The van der Waals surface area contributed by atoms with Gasteiger partial charge in [-0.2, -0.15) is 0 Å². The number of carbonyl (C=O) groups is 1. The minimum Gasteiger partial charge on any atom is -0.300 e. The van der Waals surface area contributed by atoms with Crippen molar-refractivity contribution in [2.24, 2.45) is 22.7 Å². The summed E-state index contributed by atoms with van der Waals surface area (Å²) in [4.78, 5) is 10.9. The standard InChI is InChI=1S/C9H18OS.C9H16O/c1-9(2,3)8-5-6-11(4,10)7-8;1-9(2,3)7-4-5-8(10)6-7/h8H,4-7H2,1-3H3;7H,4-6H2,1-3H3. The van der Waals surface area contributed by atoms with Gasteiger partial charge in [-0.25, -0.2) is 0 Å². The fourth-order valence-electron chi connectivity index (χ4n) is 3.13. The fraction of sp³-hybridized carbons (Fsp3) is 0.889. The summed E-state index contributed by atoms with van der Waals surface area (Å²) in [5.74, 6) is 7.16. The molecule has 0 aromatic rings. The van der Waals surface area contributed by atoms with Crippen LogP contribution < -0.4 is 0 Å². The van der Waals surface area contributed by atoms with Crippen LogP contribution in [0.25, 0.3) is 0 Å². The van der Waals surface area contributed by atoms with Crippen molar-refractivity contribution in [3.8, 4) is 0 Å². The molecule has 1 saturated carbocycles. The molecule has 2 nitrogen and oxygen atoms in total. The largest absolute Gasteiger partial charge is 0.300 e. The van der Waals surface area contributed by atoms with Crippen molar-refractivity contribution in [2.75, 3.05) is 11.5 Å². The van der Waals surface area contributed by atoms with E-state index in [1.54, 1.807) is 0 Å². The molecule has 0 N–H and O–H groups in total. The molecule has 1 aliphatic heterocycles. The summed E-state index contributed by atoms with van der Waals surface area (Å²) in [6.45, 7) is 13.3. The van der Waals surface area contributed by atoms with Crippen LogP contribution in [0, 0.1) is 22.7 Å². The zero-order valence-corrected chi connectivity index (χ0v) is 15.6. The second-order valence-corrected chi connectivity index (χ2v) is 11.7. The monoisotopic (exact) mass is 314 g/mol. The summed E-state index contributed by atoms with van der Waals surface area (Å²) in [6.07, 6.45) is 3.86. The molecule has 0 aromatic carbocycles. The lowest BCUT2D eigenvalue weighted by Gasteiger charge is -2.25. The molecule has 0 spiro atoms. The normalized spacial score (nSPS) is 33.7. The second kappa shape index (κ2) is 6.44. The lowest BCUT2D eigenvalue weighted by molar-refractivity contribution is -0.117. The Morgan fingerprint density at radius 2 is 1.52 bits per heavy atom. The third kappa shape index (κ3) is 6.14. The topological polar surface area (TPSA) is 34.1 Å². The van der Waals surface area contributed by atoms with E-state index in [0.29, 0.717) is 28.4 Å². The van der Waals surface area contributed by atoms with E-state index in [-0.39, 0.29) is 0 Å². The molecule has 1 heterocycles. The van der Waals surface area contributed by atoms with Crippen LogP contribution >= 0.6 is 0 Å². The Morgan fingerprint density at radius 3 is 1.71 bits per heavy atom. The lowest BCUT2D eigenvalue weighted by Crippen LogP contribution is -2.21. The average molecular weight is 315 g/mol. The molecule has 3 unspecified atom stereocenters. The number of hydrogen-bond donors (Lipinski definition) is 0. The van der Waals surface area contributed by atoms with Crippen molar-refractivity contribution in [1.29, 1.82) is 0 Å². The van der Waals surface area contributed by atoms with Crippen molar-refractivity contribution in [2.45, 2.75) is 67.2 Å². The molecule has 21 heavy (non-hydrogen) atoms. The van der Waals surface area contributed by atoms with E-state index in [1.165, 1.54) is 0 Å². The van der Waals surface area contributed by atoms with Crippen molar-refractivity contribution >= 4 is 21.2 Å². The van der Waals surface area contributed by atoms with Crippen LogP contribution in [0.3, 0.4) is 0 Å². The van der Waals surface area contributed by atoms with Gasteiger partial charge in [0, 0.05) is 24.3 Å². The number of Topliss-reactive ketones (excluding diaryl/α,β-unsaturated/α-hetero) is 1. The molecular weight excluding hydrogens is 280 g/mol. The molecule has 3 heteroatoms. The third-order valence-corrected chi connectivity index (χ3v) is 7.03. The van der Waals surface area contributed by atoms with Crippen LogP contribution in [0.4, 0.5) is 0 Å². The minimum atomic E-state index is -1.68. The molecule has 2 aliphatic rings. The molecular formula is C18H34O2S. The number of hydrogen-bond acceptors (Lipinski definition) is 2. The predicted molar refractivity (Wildman–Crippen MR) is 94.4 cm³/mol. The van der Waals surface area contributed by atoms with E-state index in [4.69, 9.17) is 0 Å². The first-order valence-corrected chi connectivity index (χ1v) is 10.2. The molecule has 1 aliphatic carbocycles. The highest BCUT2D eigenvalue weighted by molar-refractivity contribution is 8.00. The maximum atomic E-state index is 11.5. The van der Waals surface area contributed by atoms with Gasteiger partial charge in [-0.15, -0.1) is 0 Å². The summed E-state index contributed by atoms with van der Waals surface area (Å²) in [5, 5.41) is 0. The zero-order valence-electron chi connectivity index (χ0n) is 14.8. The predicted octanol–water partition coefficient (Wildman–Crippen LogP) is 4.17. The first-order chi connectivity index (χ1) is 9.31. The Morgan fingerprint density at radius 1 is 1.00 bits per heavy atom. The Hall–Kier alpha value is -0.310. The maximum Gasteiger partial charge on any atom is 0.133 e. The van der Waals surface area contributed by atoms with Gasteiger partial charge in [-0.3, -0.25) is 9.00 Å². The Balaban J connectivity index is 0.000000211. The van der Waals surface area contributed by atoms with E-state index in [9.17, 15) is 9.00 Å². The van der Waals surface area contributed by atoms with Crippen molar-refractivity contribution in [3.05, 3.63) is 0 Å². The molecule has 124 valence electrons. The Bertz CT molecular complexity index is 460. The van der Waals surface area contributed by atoms with Gasteiger partial charge >= 0.3 is 0 Å². The van der Waals surface area contributed by atoms with E-state index in [2.05, 4.69) is 47.4 Å². The molecule has 0 radical (unpaired) electrons. The summed E-state index contributed by atoms with van der Waals surface area (Å²) >= 11 is 0. The van der Waals surface area contributed by atoms with E-state index < -0.39 is 9.52 Å². The van der Waals surface area contributed by atoms with Gasteiger partial charge < -0.3 is 0 Å². The number of rotatable bonds is 0. The van der Waals surface area contributed by atoms with Crippen molar-refractivity contribution in [3.63, 3.8) is 0 Å². The Kier molecular flexibility index (Phi) is 5.74. The fourth-order valence-corrected chi connectivity index (χ4v) is 5.41. The molecule has 2 fully saturated rings. The molecule has 0 bridgehead atoms. The van der Waals surface area contributed by atoms with Gasteiger partial charge in [0.2, 0.25) is 0 Å². The zero-order chi connectivity index (χ0) is 16.5. The highest BCUT2D eigenvalue weighted by atomic mass is 32.2. The van der Waals surface area contributed by atoms with E-state index in [1.807, 2.05) is 0 Å². The molecule has 3 atom stereocenters. The van der Waals surface area contributed by atoms with Gasteiger partial charge in [0.1, 0.15) is 5.78 Å². The average Bonchev–Trinajstić information content (AvgIpc) is 2.83. The van der Waals surface area contributed by atoms with Crippen LogP contribution in [0.15, 0.2) is 0 Å². The van der Waals surface area contributed by atoms with Crippen LogP contribution in [0.1, 0.15) is 67.2 Å². The molecule has 0 amide bonds. The minimum absolute atomic E-state index is 0.316. The van der Waals surface area contributed by atoms with Crippen LogP contribution in [0.2, 0.25) is 0 Å². The summed E-state index contributed by atoms with van der Waals surface area (Å²) in [6, 6.07) is 0. The highest BCUT2D eigenvalue weighted by Crippen LogP contribution is 2.37. The van der Waals surface area contributed by atoms with Crippen LogP contribution in [0.5, 0.6) is 0 Å². The summed E-state index contributed by atoms with van der Waals surface area (Å²) in [5.41, 5.74) is 0.656. The molecule has 2 rings (SSSR count). The van der Waals surface area contributed by atoms with Gasteiger partial charge in [0.05, 0.1) is 0 Å². The first kappa shape index (κ1) is 18.7. The van der Waals surface area contributed by atoms with Gasteiger partial charge in [-0.1, -0.05) is 41.5 Å². The van der Waals surface area contributed by atoms with Crippen molar-refractivity contribution in [1.82, 2.24) is 0 Å². The molecule has 0 aromatic heterocycles. The highest BCUT2D eigenvalue weighted by Gasteiger charge is 2.32. The smallest absolute Gasteiger partial charge is 0.133 e. The van der Waals surface area contributed by atoms with Crippen molar-refractivity contribution < 1.29 is 9.00 Å².